The van der Waals surface area contributed by atoms with Crippen molar-refractivity contribution in [3.63, 3.8) is 0 Å². The van der Waals surface area contributed by atoms with E-state index in [0.717, 1.165) is 31.2 Å². The summed E-state index contributed by atoms with van der Waals surface area (Å²) in [6.07, 6.45) is 9.57. The second-order valence-electron chi connectivity index (χ2n) is 11.2. The molecule has 6 unspecified atom stereocenters. The summed E-state index contributed by atoms with van der Waals surface area (Å²) in [7, 11) is 0. The number of imidazole rings is 1. The normalized spacial score (nSPS) is 28.8. The average molecular weight is 576 g/mol. The highest BCUT2D eigenvalue weighted by Gasteiger charge is 2.51. The zero-order valence-corrected chi connectivity index (χ0v) is 23.6. The van der Waals surface area contributed by atoms with E-state index in [1.54, 1.807) is 6.33 Å². The van der Waals surface area contributed by atoms with Crippen molar-refractivity contribution in [1.29, 1.82) is 0 Å². The van der Waals surface area contributed by atoms with Gasteiger partial charge in [-0.3, -0.25) is 10.1 Å². The topological polar surface area (TPSA) is 153 Å². The number of anilines is 1. The van der Waals surface area contributed by atoms with Crippen LogP contribution < -0.4 is 16.0 Å². The van der Waals surface area contributed by atoms with Crippen LogP contribution in [0.25, 0.3) is 17.2 Å². The van der Waals surface area contributed by atoms with E-state index in [9.17, 15) is 14.7 Å². The van der Waals surface area contributed by atoms with Gasteiger partial charge in [-0.2, -0.15) is 0 Å². The Hall–Kier alpha value is -3.87. The van der Waals surface area contributed by atoms with Crippen molar-refractivity contribution in [2.75, 3.05) is 25.0 Å². The average Bonchev–Trinajstić information content (AvgIpc) is 3.77. The van der Waals surface area contributed by atoms with Gasteiger partial charge in [0.05, 0.1) is 24.4 Å². The highest BCUT2D eigenvalue weighted by molar-refractivity contribution is 5.95. The molecule has 3 aliphatic rings. The maximum atomic E-state index is 12.2. The molecule has 2 amide bonds. The van der Waals surface area contributed by atoms with E-state index in [0.29, 0.717) is 36.6 Å². The molecule has 6 rings (SSSR count). The van der Waals surface area contributed by atoms with Gasteiger partial charge in [0, 0.05) is 19.0 Å². The van der Waals surface area contributed by atoms with Crippen LogP contribution in [-0.2, 0) is 14.3 Å². The summed E-state index contributed by atoms with van der Waals surface area (Å²) in [5.74, 6) is -0.362. The Morgan fingerprint density at radius 1 is 1.07 bits per heavy atom. The molecule has 1 saturated heterocycles. The van der Waals surface area contributed by atoms with Crippen molar-refractivity contribution in [3.8, 4) is 0 Å². The first-order valence-electron chi connectivity index (χ1n) is 14.7. The molecule has 7 atom stereocenters. The second kappa shape index (κ2) is 12.6. The highest BCUT2D eigenvalue weighted by Crippen LogP contribution is 2.45. The number of benzene rings is 1. The summed E-state index contributed by atoms with van der Waals surface area (Å²) in [4.78, 5) is 37.1. The molecule has 0 radical (unpaired) electrons. The number of hydrogen-bond acceptors (Lipinski definition) is 8. The molecule has 2 saturated carbocycles. The first-order valence-corrected chi connectivity index (χ1v) is 14.7. The van der Waals surface area contributed by atoms with Crippen molar-refractivity contribution >= 4 is 35.1 Å². The van der Waals surface area contributed by atoms with E-state index in [2.05, 4.69) is 30.9 Å². The lowest BCUT2D eigenvalue weighted by molar-refractivity contribution is -0.142. The van der Waals surface area contributed by atoms with Gasteiger partial charge in [0.15, 0.2) is 23.3 Å². The molecule has 0 spiro atoms. The van der Waals surface area contributed by atoms with Crippen LogP contribution in [0.3, 0.4) is 0 Å². The van der Waals surface area contributed by atoms with Gasteiger partial charge < -0.3 is 29.8 Å². The Bertz CT molecular complexity index is 1430. The second-order valence-corrected chi connectivity index (χ2v) is 11.2. The number of amides is 2. The minimum Gasteiger partial charge on any atom is -0.481 e. The number of rotatable bonds is 10. The third kappa shape index (κ3) is 5.87. The first-order chi connectivity index (χ1) is 20.5. The molecule has 0 bridgehead atoms. The van der Waals surface area contributed by atoms with Gasteiger partial charge in [0.1, 0.15) is 12.4 Å². The molecular formula is C30H37N7O5. The number of aromatic nitrogens is 4. The molecular weight excluding hydrogens is 538 g/mol. The molecule has 1 aromatic carbocycles. The molecule has 12 nitrogen and oxygen atoms in total. The molecule has 3 aromatic rings. The minimum atomic E-state index is -0.698. The molecule has 12 heteroatoms. The third-order valence-electron chi connectivity index (χ3n) is 8.61. The van der Waals surface area contributed by atoms with Gasteiger partial charge in [-0.05, 0) is 50.3 Å². The van der Waals surface area contributed by atoms with E-state index in [-0.39, 0.29) is 42.0 Å². The fraction of sp³-hybridized carbons (Fsp3) is 0.500. The maximum absolute atomic E-state index is 12.2. The number of hydrogen-bond donors (Lipinski definition) is 4. The summed E-state index contributed by atoms with van der Waals surface area (Å²) < 4.78 is 15.0. The van der Waals surface area contributed by atoms with Crippen molar-refractivity contribution in [1.82, 2.24) is 30.2 Å². The largest absolute Gasteiger partial charge is 0.481 e. The van der Waals surface area contributed by atoms with Crippen LogP contribution in [0.2, 0.25) is 0 Å². The lowest BCUT2D eigenvalue weighted by Gasteiger charge is -2.21. The number of carbonyl (C=O) groups excluding carboxylic acids is 1. The van der Waals surface area contributed by atoms with E-state index in [1.807, 2.05) is 54.0 Å². The first kappa shape index (κ1) is 28.3. The van der Waals surface area contributed by atoms with Crippen molar-refractivity contribution in [2.45, 2.75) is 57.1 Å². The number of carbonyl (C=O) groups is 2. The third-order valence-corrected chi connectivity index (χ3v) is 8.61. The Labute approximate surface area is 243 Å². The van der Waals surface area contributed by atoms with Gasteiger partial charge >= 0.3 is 12.0 Å². The van der Waals surface area contributed by atoms with Crippen molar-refractivity contribution in [2.24, 2.45) is 17.8 Å². The van der Waals surface area contributed by atoms with Gasteiger partial charge in [0.25, 0.3) is 0 Å². The summed E-state index contributed by atoms with van der Waals surface area (Å²) >= 11 is 0. The van der Waals surface area contributed by atoms with E-state index >= 15 is 0 Å². The number of aliphatic carboxylic acids is 1. The van der Waals surface area contributed by atoms with Crippen LogP contribution in [-0.4, -0.2) is 74.8 Å². The molecule has 2 aromatic heterocycles. The predicted molar refractivity (Wildman–Crippen MR) is 156 cm³/mol. The van der Waals surface area contributed by atoms with E-state index in [1.165, 1.54) is 6.33 Å². The van der Waals surface area contributed by atoms with Crippen LogP contribution in [0.1, 0.15) is 44.2 Å². The highest BCUT2D eigenvalue weighted by atomic mass is 16.7. The van der Waals surface area contributed by atoms with Gasteiger partial charge in [-0.1, -0.05) is 42.8 Å². The fourth-order valence-corrected chi connectivity index (χ4v) is 6.64. The molecule has 2 aliphatic carbocycles. The monoisotopic (exact) mass is 575 g/mol. The number of ether oxygens (including phenoxy) is 2. The lowest BCUT2D eigenvalue weighted by atomic mass is 9.96. The maximum Gasteiger partial charge on any atom is 0.320 e. The van der Waals surface area contributed by atoms with Crippen LogP contribution >= 0.6 is 0 Å². The summed E-state index contributed by atoms with van der Waals surface area (Å²) in [5, 5.41) is 18.6. The Morgan fingerprint density at radius 2 is 1.88 bits per heavy atom. The van der Waals surface area contributed by atoms with E-state index in [4.69, 9.17) is 9.47 Å². The smallest absolute Gasteiger partial charge is 0.320 e. The summed E-state index contributed by atoms with van der Waals surface area (Å²) in [6.45, 7) is 3.69. The van der Waals surface area contributed by atoms with Crippen LogP contribution in [0, 0.1) is 17.8 Å². The number of carboxylic acid groups (broad SMARTS) is 1. The SMILES string of the molecule is CCNC(=O)Nc1ncnc2c1ncn2C1CC(CNCC2CCCC2C(=O)O)C2O[C@H](/C=C/c3ccccc3)OC21. The van der Waals surface area contributed by atoms with Crippen molar-refractivity contribution in [3.05, 3.63) is 54.6 Å². The predicted octanol–water partition coefficient (Wildman–Crippen LogP) is 3.44. The van der Waals surface area contributed by atoms with Crippen LogP contribution in [0.5, 0.6) is 0 Å². The zero-order chi connectivity index (χ0) is 29.1. The molecule has 3 heterocycles. The number of urea groups is 1. The number of carboxylic acids is 1. The molecule has 4 N–H and O–H groups in total. The number of nitrogens with zero attached hydrogens (tertiary/aromatic N) is 4. The molecule has 1 aliphatic heterocycles. The standard InChI is InChI=1S/C30H37N7O5/c1-2-32-30(40)36-27-24-28(34-16-33-27)37(17-35-24)22-13-20(15-31-14-19-9-6-10-21(19)29(38)39)25-26(22)42-23(41-25)12-11-18-7-4-3-5-8-18/h3-5,7-8,11-12,16-17,19-23,25-26,31H,2,6,9-10,13-15H2,1H3,(H,38,39)(H2,32,33,34,36,40)/b12-11+/t19?,20?,21?,22?,23-,25?,26?/m0/s1. The quantitative estimate of drug-likeness (QED) is 0.285. The van der Waals surface area contributed by atoms with Crippen LogP contribution in [0.15, 0.2) is 49.1 Å². The number of fused-ring (bicyclic) bond motifs is 2. The Morgan fingerprint density at radius 3 is 2.69 bits per heavy atom. The zero-order valence-electron chi connectivity index (χ0n) is 23.6. The Balaban J connectivity index is 1.21. The van der Waals surface area contributed by atoms with Gasteiger partial charge in [0.2, 0.25) is 0 Å². The van der Waals surface area contributed by atoms with Gasteiger partial charge in [-0.15, -0.1) is 0 Å². The molecule has 3 fully saturated rings. The fourth-order valence-electron chi connectivity index (χ4n) is 6.64. The molecule has 222 valence electrons. The van der Waals surface area contributed by atoms with Crippen LogP contribution in [0.4, 0.5) is 10.6 Å². The van der Waals surface area contributed by atoms with E-state index < -0.39 is 12.3 Å². The number of nitrogens with one attached hydrogen (secondary N) is 3. The summed E-state index contributed by atoms with van der Waals surface area (Å²) in [6, 6.07) is 9.55. The molecule has 42 heavy (non-hydrogen) atoms. The lowest BCUT2D eigenvalue weighted by Crippen LogP contribution is -2.35. The van der Waals surface area contributed by atoms with Crippen molar-refractivity contribution < 1.29 is 24.2 Å². The summed E-state index contributed by atoms with van der Waals surface area (Å²) in [5.41, 5.74) is 2.17. The Kier molecular flexibility index (Phi) is 8.45. The van der Waals surface area contributed by atoms with Gasteiger partial charge in [-0.25, -0.2) is 19.7 Å². The minimum absolute atomic E-state index is 0.104.